The van der Waals surface area contributed by atoms with Crippen molar-refractivity contribution in [1.29, 1.82) is 0 Å². The number of hydrogen-bond acceptors (Lipinski definition) is 2. The molecule has 1 fully saturated rings. The number of nitrogens with one attached hydrogen (secondary N) is 1. The number of nitrogens with two attached hydrogens (primary N) is 1. The first-order valence-electron chi connectivity index (χ1n) is 7.71. The Kier molecular flexibility index (Phi) is 7.33. The average Bonchev–Trinajstić information content (AvgIpc) is 2.64. The highest BCUT2D eigenvalue weighted by molar-refractivity contribution is 5.81. The standard InChI is InChI=1S/C15H30N2O/c1-3-4-11-14(16)15(18)17-12(2)13-9-7-5-6-8-10-13/h12-14H,3-11,16H2,1-2H3,(H,17,18)/t12-,14-/m0/s1. The molecule has 0 aromatic heterocycles. The molecule has 0 aromatic rings. The number of rotatable bonds is 6. The second-order valence-electron chi connectivity index (χ2n) is 5.80. The number of unbranched alkanes of at least 4 members (excludes halogenated alkanes) is 1. The molecular weight excluding hydrogens is 224 g/mol. The van der Waals surface area contributed by atoms with E-state index in [0.717, 1.165) is 19.3 Å². The van der Waals surface area contributed by atoms with E-state index >= 15 is 0 Å². The minimum Gasteiger partial charge on any atom is -0.352 e. The fraction of sp³-hybridized carbons (Fsp3) is 0.933. The predicted octanol–water partition coefficient (Wildman–Crippen LogP) is 2.98. The third-order valence-corrected chi connectivity index (χ3v) is 4.18. The largest absolute Gasteiger partial charge is 0.352 e. The third kappa shape index (κ3) is 5.38. The maximum atomic E-state index is 12.0. The fourth-order valence-corrected chi connectivity index (χ4v) is 2.82. The summed E-state index contributed by atoms with van der Waals surface area (Å²) in [5.41, 5.74) is 5.90. The molecule has 18 heavy (non-hydrogen) atoms. The molecule has 0 spiro atoms. The molecule has 1 aliphatic carbocycles. The monoisotopic (exact) mass is 254 g/mol. The van der Waals surface area contributed by atoms with E-state index in [1.54, 1.807) is 0 Å². The molecular formula is C15H30N2O. The smallest absolute Gasteiger partial charge is 0.237 e. The highest BCUT2D eigenvalue weighted by Crippen LogP contribution is 2.25. The second kappa shape index (κ2) is 8.52. The molecule has 0 bridgehead atoms. The van der Waals surface area contributed by atoms with Gasteiger partial charge in [0.2, 0.25) is 5.91 Å². The van der Waals surface area contributed by atoms with Gasteiger partial charge in [-0.25, -0.2) is 0 Å². The number of hydrogen-bond donors (Lipinski definition) is 2. The summed E-state index contributed by atoms with van der Waals surface area (Å²) in [5.74, 6) is 0.690. The Balaban J connectivity index is 2.32. The van der Waals surface area contributed by atoms with Crippen LogP contribution in [0.3, 0.4) is 0 Å². The van der Waals surface area contributed by atoms with Gasteiger partial charge in [0, 0.05) is 6.04 Å². The summed E-state index contributed by atoms with van der Waals surface area (Å²) in [5, 5.41) is 3.12. The topological polar surface area (TPSA) is 55.1 Å². The SMILES string of the molecule is CCCC[C@H](N)C(=O)N[C@@H](C)C1CCCCCC1. The van der Waals surface area contributed by atoms with Crippen molar-refractivity contribution >= 4 is 5.91 Å². The Bertz CT molecular complexity index is 235. The Labute approximate surface area is 112 Å². The molecule has 0 saturated heterocycles. The van der Waals surface area contributed by atoms with Gasteiger partial charge in [-0.15, -0.1) is 0 Å². The molecule has 106 valence electrons. The van der Waals surface area contributed by atoms with E-state index in [2.05, 4.69) is 19.2 Å². The fourth-order valence-electron chi connectivity index (χ4n) is 2.82. The van der Waals surface area contributed by atoms with Crippen molar-refractivity contribution in [3.63, 3.8) is 0 Å². The molecule has 0 aliphatic heterocycles. The lowest BCUT2D eigenvalue weighted by Gasteiger charge is -2.25. The van der Waals surface area contributed by atoms with Crippen LogP contribution in [-0.2, 0) is 4.79 Å². The van der Waals surface area contributed by atoms with Gasteiger partial charge in [0.1, 0.15) is 0 Å². The van der Waals surface area contributed by atoms with Crippen molar-refractivity contribution in [3.05, 3.63) is 0 Å². The molecule has 0 aromatic carbocycles. The van der Waals surface area contributed by atoms with E-state index in [-0.39, 0.29) is 18.0 Å². The van der Waals surface area contributed by atoms with Crippen molar-refractivity contribution in [2.75, 3.05) is 0 Å². The van der Waals surface area contributed by atoms with Gasteiger partial charge in [0.05, 0.1) is 6.04 Å². The van der Waals surface area contributed by atoms with Gasteiger partial charge in [-0.05, 0) is 32.1 Å². The third-order valence-electron chi connectivity index (χ3n) is 4.18. The van der Waals surface area contributed by atoms with Crippen molar-refractivity contribution in [2.45, 2.75) is 83.7 Å². The minimum atomic E-state index is -0.321. The van der Waals surface area contributed by atoms with E-state index in [1.165, 1.54) is 38.5 Å². The van der Waals surface area contributed by atoms with Crippen LogP contribution >= 0.6 is 0 Å². The molecule has 2 atom stereocenters. The van der Waals surface area contributed by atoms with Crippen molar-refractivity contribution in [2.24, 2.45) is 11.7 Å². The van der Waals surface area contributed by atoms with Gasteiger partial charge in [0.25, 0.3) is 0 Å². The van der Waals surface area contributed by atoms with Crippen LogP contribution < -0.4 is 11.1 Å². The van der Waals surface area contributed by atoms with E-state index < -0.39 is 0 Å². The van der Waals surface area contributed by atoms with E-state index in [4.69, 9.17) is 5.73 Å². The maximum absolute atomic E-state index is 12.0. The average molecular weight is 254 g/mol. The first-order valence-corrected chi connectivity index (χ1v) is 7.71. The number of amides is 1. The van der Waals surface area contributed by atoms with Gasteiger partial charge >= 0.3 is 0 Å². The summed E-state index contributed by atoms with van der Waals surface area (Å²) in [6, 6.07) is -0.0403. The Hall–Kier alpha value is -0.570. The Morgan fingerprint density at radius 1 is 1.28 bits per heavy atom. The molecule has 1 amide bonds. The lowest BCUT2D eigenvalue weighted by Crippen LogP contribution is -2.46. The zero-order valence-electron chi connectivity index (χ0n) is 12.1. The lowest BCUT2D eigenvalue weighted by atomic mass is 9.92. The quantitative estimate of drug-likeness (QED) is 0.716. The summed E-state index contributed by atoms with van der Waals surface area (Å²) in [4.78, 5) is 12.0. The first kappa shape index (κ1) is 15.5. The normalized spacial score (nSPS) is 21.1. The molecule has 1 saturated carbocycles. The van der Waals surface area contributed by atoms with Crippen LogP contribution in [0.2, 0.25) is 0 Å². The molecule has 3 N–H and O–H groups in total. The van der Waals surface area contributed by atoms with Crippen LogP contribution in [0.1, 0.15) is 71.6 Å². The number of carbonyl (C=O) groups is 1. The molecule has 1 aliphatic rings. The Morgan fingerprint density at radius 3 is 2.44 bits per heavy atom. The van der Waals surface area contributed by atoms with Crippen LogP contribution in [0.25, 0.3) is 0 Å². The summed E-state index contributed by atoms with van der Waals surface area (Å²) in [7, 11) is 0. The van der Waals surface area contributed by atoms with E-state index in [1.807, 2.05) is 0 Å². The van der Waals surface area contributed by atoms with Crippen LogP contribution in [-0.4, -0.2) is 18.0 Å². The van der Waals surface area contributed by atoms with E-state index in [9.17, 15) is 4.79 Å². The molecule has 3 nitrogen and oxygen atoms in total. The van der Waals surface area contributed by atoms with Crippen molar-refractivity contribution in [3.8, 4) is 0 Å². The zero-order valence-corrected chi connectivity index (χ0v) is 12.1. The summed E-state index contributed by atoms with van der Waals surface area (Å²) in [6.45, 7) is 4.26. The van der Waals surface area contributed by atoms with Gasteiger partial charge in [-0.3, -0.25) is 4.79 Å². The lowest BCUT2D eigenvalue weighted by molar-refractivity contribution is -0.123. The first-order chi connectivity index (χ1) is 8.65. The van der Waals surface area contributed by atoms with Gasteiger partial charge in [-0.2, -0.15) is 0 Å². The molecule has 3 heteroatoms. The predicted molar refractivity (Wildman–Crippen MR) is 76.3 cm³/mol. The van der Waals surface area contributed by atoms with Crippen LogP contribution in [0.4, 0.5) is 0 Å². The van der Waals surface area contributed by atoms with Gasteiger partial charge < -0.3 is 11.1 Å². The second-order valence-corrected chi connectivity index (χ2v) is 5.80. The van der Waals surface area contributed by atoms with Crippen LogP contribution in [0.15, 0.2) is 0 Å². The summed E-state index contributed by atoms with van der Waals surface area (Å²) < 4.78 is 0. The van der Waals surface area contributed by atoms with E-state index in [0.29, 0.717) is 5.92 Å². The van der Waals surface area contributed by atoms with Gasteiger partial charge in [0.15, 0.2) is 0 Å². The zero-order chi connectivity index (χ0) is 13.4. The van der Waals surface area contributed by atoms with Crippen molar-refractivity contribution in [1.82, 2.24) is 5.32 Å². The summed E-state index contributed by atoms with van der Waals surface area (Å²) in [6.07, 6.45) is 10.8. The minimum absolute atomic E-state index is 0.0418. The van der Waals surface area contributed by atoms with Gasteiger partial charge in [-0.1, -0.05) is 45.4 Å². The van der Waals surface area contributed by atoms with Crippen LogP contribution in [0, 0.1) is 5.92 Å². The maximum Gasteiger partial charge on any atom is 0.237 e. The number of carbonyl (C=O) groups excluding carboxylic acids is 1. The highest BCUT2D eigenvalue weighted by atomic mass is 16.2. The highest BCUT2D eigenvalue weighted by Gasteiger charge is 2.22. The van der Waals surface area contributed by atoms with Crippen LogP contribution in [0.5, 0.6) is 0 Å². The molecule has 1 rings (SSSR count). The van der Waals surface area contributed by atoms with Crippen molar-refractivity contribution < 1.29 is 4.79 Å². The Morgan fingerprint density at radius 2 is 1.89 bits per heavy atom. The molecule has 0 radical (unpaired) electrons. The summed E-state index contributed by atoms with van der Waals surface area (Å²) >= 11 is 0. The molecule has 0 unspecified atom stereocenters. The molecule has 0 heterocycles.